The van der Waals surface area contributed by atoms with Crippen molar-refractivity contribution in [1.82, 2.24) is 0 Å². The number of carbonyl (C=O) groups excluding carboxylic acids is 2. The van der Waals surface area contributed by atoms with Gasteiger partial charge in [-0.25, -0.2) is 0 Å². The number of hydrogen-bond donors (Lipinski definition) is 4. The summed E-state index contributed by atoms with van der Waals surface area (Å²) in [7, 11) is 0. The number of esters is 2. The molecular formula is C45H86O10. The van der Waals surface area contributed by atoms with Crippen LogP contribution in [-0.2, 0) is 28.5 Å². The Morgan fingerprint density at radius 2 is 0.855 bits per heavy atom. The van der Waals surface area contributed by atoms with Gasteiger partial charge in [-0.2, -0.15) is 0 Å². The van der Waals surface area contributed by atoms with Crippen LogP contribution in [0, 0.1) is 0 Å². The predicted molar refractivity (Wildman–Crippen MR) is 220 cm³/mol. The summed E-state index contributed by atoms with van der Waals surface area (Å²) >= 11 is 0. The molecule has 0 aromatic carbocycles. The number of rotatable bonds is 39. The molecule has 6 atom stereocenters. The summed E-state index contributed by atoms with van der Waals surface area (Å²) < 4.78 is 22.2. The van der Waals surface area contributed by atoms with Crippen LogP contribution in [0.25, 0.3) is 0 Å². The molecule has 1 aliphatic heterocycles. The lowest BCUT2D eigenvalue weighted by Crippen LogP contribution is -2.59. The molecule has 0 spiro atoms. The van der Waals surface area contributed by atoms with Crippen LogP contribution in [0.5, 0.6) is 0 Å². The van der Waals surface area contributed by atoms with Gasteiger partial charge in [-0.3, -0.25) is 9.59 Å². The van der Waals surface area contributed by atoms with E-state index in [0.29, 0.717) is 6.42 Å². The van der Waals surface area contributed by atoms with Crippen LogP contribution in [0.15, 0.2) is 0 Å². The molecule has 10 heteroatoms. The van der Waals surface area contributed by atoms with Gasteiger partial charge in [0, 0.05) is 12.8 Å². The van der Waals surface area contributed by atoms with Crippen LogP contribution in [0.3, 0.4) is 0 Å². The molecule has 1 rings (SSSR count). The number of hydrogen-bond acceptors (Lipinski definition) is 10. The average Bonchev–Trinajstić information content (AvgIpc) is 3.18. The van der Waals surface area contributed by atoms with E-state index in [-0.39, 0.29) is 32.0 Å². The summed E-state index contributed by atoms with van der Waals surface area (Å²) in [6.45, 7) is 3.46. The first-order valence-electron chi connectivity index (χ1n) is 23.1. The highest BCUT2D eigenvalue weighted by molar-refractivity contribution is 5.70. The summed E-state index contributed by atoms with van der Waals surface area (Å²) in [5.74, 6) is -0.790. The third kappa shape index (κ3) is 28.7. The van der Waals surface area contributed by atoms with Crippen molar-refractivity contribution in [2.75, 3.05) is 19.8 Å². The molecular weight excluding hydrogens is 700 g/mol. The number of aliphatic hydroxyl groups is 4. The number of unbranched alkanes of at least 4 members (excludes halogenated alkanes) is 28. The van der Waals surface area contributed by atoms with Gasteiger partial charge >= 0.3 is 11.9 Å². The van der Waals surface area contributed by atoms with E-state index in [1.807, 2.05) is 0 Å². The van der Waals surface area contributed by atoms with Crippen molar-refractivity contribution < 1.29 is 49.0 Å². The molecule has 10 nitrogen and oxygen atoms in total. The molecule has 1 unspecified atom stereocenters. The summed E-state index contributed by atoms with van der Waals surface area (Å²) in [6.07, 6.45) is 29.6. The van der Waals surface area contributed by atoms with Crippen LogP contribution in [-0.4, -0.2) is 89.0 Å². The van der Waals surface area contributed by atoms with Gasteiger partial charge in [0.25, 0.3) is 0 Å². The molecule has 0 aliphatic carbocycles. The van der Waals surface area contributed by atoms with Crippen molar-refractivity contribution >= 4 is 11.9 Å². The van der Waals surface area contributed by atoms with E-state index in [0.717, 1.165) is 38.5 Å². The molecule has 0 saturated carbocycles. The minimum absolute atomic E-state index is 0.209. The topological polar surface area (TPSA) is 152 Å². The van der Waals surface area contributed by atoms with Crippen LogP contribution in [0.4, 0.5) is 0 Å². The van der Waals surface area contributed by atoms with Crippen LogP contribution >= 0.6 is 0 Å². The zero-order valence-electron chi connectivity index (χ0n) is 35.5. The van der Waals surface area contributed by atoms with Crippen LogP contribution in [0.1, 0.15) is 219 Å². The van der Waals surface area contributed by atoms with Crippen molar-refractivity contribution in [3.8, 4) is 0 Å². The quantitative estimate of drug-likeness (QED) is 0.0350. The average molecular weight is 787 g/mol. The second kappa shape index (κ2) is 37.0. The monoisotopic (exact) mass is 787 g/mol. The third-order valence-corrected chi connectivity index (χ3v) is 11.0. The van der Waals surface area contributed by atoms with Gasteiger partial charge in [-0.1, -0.05) is 194 Å². The Morgan fingerprint density at radius 1 is 0.491 bits per heavy atom. The normalized spacial score (nSPS) is 20.4. The SMILES string of the molecule is CCCCCCCCCCCCCCCCCC(=O)OCC(CO[C@@H]1O[C@H](CO)[C@@H](O)[C@H](O)[C@H]1O)OC(=O)CCCCCCCCCCCCCCCCC. The van der Waals surface area contributed by atoms with E-state index in [1.165, 1.54) is 148 Å². The lowest BCUT2D eigenvalue weighted by atomic mass is 9.99. The van der Waals surface area contributed by atoms with Crippen molar-refractivity contribution in [3.63, 3.8) is 0 Å². The van der Waals surface area contributed by atoms with Gasteiger partial charge in [0.15, 0.2) is 12.4 Å². The van der Waals surface area contributed by atoms with Gasteiger partial charge in [0.2, 0.25) is 0 Å². The minimum Gasteiger partial charge on any atom is -0.462 e. The first-order chi connectivity index (χ1) is 26.8. The molecule has 0 aromatic rings. The van der Waals surface area contributed by atoms with Crippen molar-refractivity contribution in [3.05, 3.63) is 0 Å². The summed E-state index contributed by atoms with van der Waals surface area (Å²) in [6, 6.07) is 0. The van der Waals surface area contributed by atoms with Crippen molar-refractivity contribution in [2.45, 2.75) is 256 Å². The smallest absolute Gasteiger partial charge is 0.306 e. The zero-order valence-corrected chi connectivity index (χ0v) is 35.5. The summed E-state index contributed by atoms with van der Waals surface area (Å²) in [4.78, 5) is 25.3. The van der Waals surface area contributed by atoms with Gasteiger partial charge in [-0.15, -0.1) is 0 Å². The Labute approximate surface area is 336 Å². The fourth-order valence-corrected chi connectivity index (χ4v) is 7.31. The van der Waals surface area contributed by atoms with Crippen LogP contribution in [0.2, 0.25) is 0 Å². The Morgan fingerprint density at radius 3 is 1.24 bits per heavy atom. The second-order valence-corrected chi connectivity index (χ2v) is 16.2. The van der Waals surface area contributed by atoms with E-state index in [4.69, 9.17) is 18.9 Å². The molecule has 0 radical (unpaired) electrons. The lowest BCUT2D eigenvalue weighted by Gasteiger charge is -2.39. The maximum absolute atomic E-state index is 12.8. The Hall–Kier alpha value is -1.30. The van der Waals surface area contributed by atoms with E-state index in [9.17, 15) is 30.0 Å². The standard InChI is InChI=1S/C45H86O10/c1-3-5-7-9-11-13-15-17-19-21-23-25-27-29-31-33-40(47)52-36-38(37-53-45-44(51)43(50)42(49)39(35-46)55-45)54-41(48)34-32-30-28-26-24-22-20-18-16-14-12-10-8-6-4-2/h38-39,42-46,49-51H,3-37H2,1-2H3/t38?,39-,42-,43+,44-,45-/m1/s1. The molecule has 4 N–H and O–H groups in total. The van der Waals surface area contributed by atoms with Gasteiger partial charge in [-0.05, 0) is 12.8 Å². The maximum Gasteiger partial charge on any atom is 0.306 e. The predicted octanol–water partition coefficient (Wildman–Crippen LogP) is 9.78. The minimum atomic E-state index is -1.59. The van der Waals surface area contributed by atoms with Gasteiger partial charge in [0.05, 0.1) is 13.2 Å². The summed E-state index contributed by atoms with van der Waals surface area (Å²) in [5.41, 5.74) is 0. The first kappa shape index (κ1) is 51.7. The number of aliphatic hydroxyl groups excluding tert-OH is 4. The molecule has 1 aliphatic rings. The third-order valence-electron chi connectivity index (χ3n) is 11.0. The van der Waals surface area contributed by atoms with Gasteiger partial charge in [0.1, 0.15) is 31.0 Å². The zero-order chi connectivity index (χ0) is 40.2. The Kier molecular flexibility index (Phi) is 34.8. The molecule has 0 aromatic heterocycles. The molecule has 0 bridgehead atoms. The first-order valence-corrected chi connectivity index (χ1v) is 23.1. The molecule has 1 saturated heterocycles. The molecule has 55 heavy (non-hydrogen) atoms. The van der Waals surface area contributed by atoms with E-state index >= 15 is 0 Å². The second-order valence-electron chi connectivity index (χ2n) is 16.2. The van der Waals surface area contributed by atoms with E-state index < -0.39 is 49.4 Å². The van der Waals surface area contributed by atoms with E-state index in [1.54, 1.807) is 0 Å². The fraction of sp³-hybridized carbons (Fsp3) is 0.956. The van der Waals surface area contributed by atoms with Crippen LogP contribution < -0.4 is 0 Å². The largest absolute Gasteiger partial charge is 0.462 e. The molecule has 0 amide bonds. The summed E-state index contributed by atoms with van der Waals surface area (Å²) in [5, 5.41) is 40.1. The van der Waals surface area contributed by atoms with Crippen molar-refractivity contribution in [2.24, 2.45) is 0 Å². The molecule has 1 heterocycles. The van der Waals surface area contributed by atoms with E-state index in [2.05, 4.69) is 13.8 Å². The van der Waals surface area contributed by atoms with Crippen molar-refractivity contribution in [1.29, 1.82) is 0 Å². The Balaban J connectivity index is 2.30. The highest BCUT2D eigenvalue weighted by atomic mass is 16.7. The lowest BCUT2D eigenvalue weighted by molar-refractivity contribution is -0.305. The maximum atomic E-state index is 12.8. The molecule has 1 fully saturated rings. The molecule has 326 valence electrons. The van der Waals surface area contributed by atoms with Gasteiger partial charge < -0.3 is 39.4 Å². The fourth-order valence-electron chi connectivity index (χ4n) is 7.31. The highest BCUT2D eigenvalue weighted by Gasteiger charge is 2.44. The highest BCUT2D eigenvalue weighted by Crippen LogP contribution is 2.23. The number of ether oxygens (including phenoxy) is 4. The Bertz CT molecular complexity index is 871. The number of carbonyl (C=O) groups is 2.